The average molecular weight is 516 g/mol. The fourth-order valence-corrected chi connectivity index (χ4v) is 3.20. The Balaban J connectivity index is 0.00000392. The van der Waals surface area contributed by atoms with Crippen molar-refractivity contribution in [3.8, 4) is 0 Å². The lowest BCUT2D eigenvalue weighted by molar-refractivity contribution is 0.0963. The molecule has 0 aliphatic rings. The summed E-state index contributed by atoms with van der Waals surface area (Å²) < 4.78 is 12.9. The minimum Gasteiger partial charge on any atom is -0.356 e. The number of nitrogens with zero attached hydrogens (tertiary/aromatic N) is 1. The SMILES string of the molecule is CN=C(NCCSc1ccc(F)cc1)NCCc1cccc(C(=O)NC)c1.I. The zero-order valence-corrected chi connectivity index (χ0v) is 19.1. The second-order valence-corrected chi connectivity index (χ2v) is 6.93. The van der Waals surface area contributed by atoms with Gasteiger partial charge in [-0.25, -0.2) is 4.39 Å². The van der Waals surface area contributed by atoms with E-state index in [1.54, 1.807) is 44.1 Å². The number of thioether (sulfide) groups is 1. The predicted molar refractivity (Wildman–Crippen MR) is 125 cm³/mol. The Bertz CT molecular complexity index is 771. The molecule has 0 aromatic heterocycles. The Kier molecular flexibility index (Phi) is 11.6. The number of halogens is 2. The molecule has 2 aromatic rings. The molecule has 0 unspecified atom stereocenters. The van der Waals surface area contributed by atoms with Crippen molar-refractivity contribution < 1.29 is 9.18 Å². The van der Waals surface area contributed by atoms with Crippen molar-refractivity contribution in [3.05, 3.63) is 65.5 Å². The molecule has 1 amide bonds. The zero-order chi connectivity index (χ0) is 19.5. The molecule has 0 aliphatic carbocycles. The molecular formula is C20H26FIN4OS. The Labute approximate surface area is 187 Å². The molecule has 28 heavy (non-hydrogen) atoms. The fourth-order valence-electron chi connectivity index (χ4n) is 2.43. The zero-order valence-electron chi connectivity index (χ0n) is 16.0. The van der Waals surface area contributed by atoms with E-state index in [1.165, 1.54) is 12.1 Å². The van der Waals surface area contributed by atoms with E-state index in [0.717, 1.165) is 35.1 Å². The van der Waals surface area contributed by atoms with Crippen molar-refractivity contribution in [2.75, 3.05) is 32.9 Å². The topological polar surface area (TPSA) is 65.5 Å². The second kappa shape index (κ2) is 13.4. The van der Waals surface area contributed by atoms with Gasteiger partial charge in [0, 0.05) is 43.4 Å². The summed E-state index contributed by atoms with van der Waals surface area (Å²) in [6, 6.07) is 14.1. The number of benzene rings is 2. The molecule has 5 nitrogen and oxygen atoms in total. The normalized spacial score (nSPS) is 10.8. The molecule has 0 heterocycles. The quantitative estimate of drug-likeness (QED) is 0.166. The van der Waals surface area contributed by atoms with E-state index in [0.29, 0.717) is 12.1 Å². The number of carbonyl (C=O) groups excluding carboxylic acids is 1. The lowest BCUT2D eigenvalue weighted by Gasteiger charge is -2.12. The van der Waals surface area contributed by atoms with Gasteiger partial charge in [0.25, 0.3) is 5.91 Å². The molecular weight excluding hydrogens is 490 g/mol. The van der Waals surface area contributed by atoms with Crippen molar-refractivity contribution in [1.29, 1.82) is 0 Å². The highest BCUT2D eigenvalue weighted by atomic mass is 127. The number of nitrogens with one attached hydrogen (secondary N) is 3. The third-order valence-electron chi connectivity index (χ3n) is 3.82. The van der Waals surface area contributed by atoms with Crippen molar-refractivity contribution >= 4 is 47.6 Å². The molecule has 3 N–H and O–H groups in total. The molecule has 0 fully saturated rings. The van der Waals surface area contributed by atoms with E-state index in [2.05, 4.69) is 20.9 Å². The number of guanidine groups is 1. The van der Waals surface area contributed by atoms with Crippen molar-refractivity contribution in [2.24, 2.45) is 4.99 Å². The van der Waals surface area contributed by atoms with Gasteiger partial charge < -0.3 is 16.0 Å². The minimum absolute atomic E-state index is 0. The molecule has 152 valence electrons. The van der Waals surface area contributed by atoms with E-state index in [9.17, 15) is 9.18 Å². The number of rotatable bonds is 8. The van der Waals surface area contributed by atoms with Crippen LogP contribution in [0.2, 0.25) is 0 Å². The average Bonchev–Trinajstić information content (AvgIpc) is 2.70. The predicted octanol–water partition coefficient (Wildman–Crippen LogP) is 3.30. The number of hydrogen-bond donors (Lipinski definition) is 3. The fraction of sp³-hybridized carbons (Fsp3) is 0.300. The van der Waals surface area contributed by atoms with Crippen LogP contribution in [0, 0.1) is 5.82 Å². The molecule has 0 radical (unpaired) electrons. The van der Waals surface area contributed by atoms with E-state index in [-0.39, 0.29) is 35.7 Å². The summed E-state index contributed by atoms with van der Waals surface area (Å²) in [6.07, 6.45) is 0.788. The highest BCUT2D eigenvalue weighted by molar-refractivity contribution is 14.0. The van der Waals surface area contributed by atoms with Gasteiger partial charge in [0.1, 0.15) is 5.82 Å². The first kappa shape index (κ1) is 24.2. The monoisotopic (exact) mass is 516 g/mol. The van der Waals surface area contributed by atoms with Crippen LogP contribution >= 0.6 is 35.7 Å². The maximum absolute atomic E-state index is 12.9. The maximum Gasteiger partial charge on any atom is 0.251 e. The van der Waals surface area contributed by atoms with Gasteiger partial charge in [0.15, 0.2) is 5.96 Å². The van der Waals surface area contributed by atoms with Gasteiger partial charge in [-0.05, 0) is 48.4 Å². The van der Waals surface area contributed by atoms with Gasteiger partial charge >= 0.3 is 0 Å². The number of amides is 1. The van der Waals surface area contributed by atoms with Crippen LogP contribution < -0.4 is 16.0 Å². The highest BCUT2D eigenvalue weighted by Crippen LogP contribution is 2.17. The third-order valence-corrected chi connectivity index (χ3v) is 4.84. The summed E-state index contributed by atoms with van der Waals surface area (Å²) >= 11 is 1.66. The summed E-state index contributed by atoms with van der Waals surface area (Å²) in [6.45, 7) is 1.45. The van der Waals surface area contributed by atoms with Crippen LogP contribution in [-0.4, -0.2) is 44.8 Å². The van der Waals surface area contributed by atoms with E-state index < -0.39 is 0 Å². The summed E-state index contributed by atoms with van der Waals surface area (Å²) in [4.78, 5) is 16.9. The molecule has 0 bridgehead atoms. The van der Waals surface area contributed by atoms with Crippen LogP contribution in [0.4, 0.5) is 4.39 Å². The van der Waals surface area contributed by atoms with Crippen LogP contribution in [0.5, 0.6) is 0 Å². The maximum atomic E-state index is 12.9. The van der Waals surface area contributed by atoms with Gasteiger partial charge in [-0.1, -0.05) is 12.1 Å². The highest BCUT2D eigenvalue weighted by Gasteiger charge is 2.04. The molecule has 2 aromatic carbocycles. The molecule has 2 rings (SSSR count). The van der Waals surface area contributed by atoms with E-state index >= 15 is 0 Å². The van der Waals surface area contributed by atoms with Crippen LogP contribution in [0.15, 0.2) is 58.4 Å². The minimum atomic E-state index is -0.220. The van der Waals surface area contributed by atoms with E-state index in [1.807, 2.05) is 18.2 Å². The molecule has 8 heteroatoms. The molecule has 0 saturated heterocycles. The van der Waals surface area contributed by atoms with Crippen molar-refractivity contribution in [2.45, 2.75) is 11.3 Å². The summed E-state index contributed by atoms with van der Waals surface area (Å²) in [5, 5.41) is 9.15. The second-order valence-electron chi connectivity index (χ2n) is 5.76. The number of aliphatic imine (C=N–C) groups is 1. The van der Waals surface area contributed by atoms with Gasteiger partial charge in [0.2, 0.25) is 0 Å². The largest absolute Gasteiger partial charge is 0.356 e. The number of carbonyl (C=O) groups is 1. The van der Waals surface area contributed by atoms with Crippen LogP contribution in [0.1, 0.15) is 15.9 Å². The summed E-state index contributed by atoms with van der Waals surface area (Å²) in [5.41, 5.74) is 1.75. The first-order valence-corrected chi connectivity index (χ1v) is 9.75. The van der Waals surface area contributed by atoms with Crippen LogP contribution in [-0.2, 0) is 6.42 Å². The van der Waals surface area contributed by atoms with Crippen molar-refractivity contribution in [1.82, 2.24) is 16.0 Å². The lowest BCUT2D eigenvalue weighted by Crippen LogP contribution is -2.39. The standard InChI is InChI=1S/C20H25FN4OS.HI/c1-22-19(26)16-5-3-4-15(14-16)10-11-24-20(23-2)25-12-13-27-18-8-6-17(21)7-9-18;/h3-9,14H,10-13H2,1-2H3,(H,22,26)(H2,23,24,25);1H. The third kappa shape index (κ3) is 8.47. The number of hydrogen-bond acceptors (Lipinski definition) is 3. The molecule has 0 atom stereocenters. The molecule has 0 saturated carbocycles. The first-order chi connectivity index (χ1) is 13.1. The van der Waals surface area contributed by atoms with Crippen LogP contribution in [0.25, 0.3) is 0 Å². The van der Waals surface area contributed by atoms with E-state index in [4.69, 9.17) is 0 Å². The summed E-state index contributed by atoms with van der Waals surface area (Å²) in [7, 11) is 3.36. The lowest BCUT2D eigenvalue weighted by atomic mass is 10.1. The van der Waals surface area contributed by atoms with Gasteiger partial charge in [-0.15, -0.1) is 35.7 Å². The Morgan fingerprint density at radius 1 is 1.11 bits per heavy atom. The van der Waals surface area contributed by atoms with Gasteiger partial charge in [0.05, 0.1) is 0 Å². The summed E-state index contributed by atoms with van der Waals surface area (Å²) in [5.74, 6) is 1.28. The Morgan fingerprint density at radius 2 is 1.82 bits per heavy atom. The smallest absolute Gasteiger partial charge is 0.251 e. The first-order valence-electron chi connectivity index (χ1n) is 8.76. The Morgan fingerprint density at radius 3 is 2.50 bits per heavy atom. The Hall–Kier alpha value is -1.81. The van der Waals surface area contributed by atoms with Crippen molar-refractivity contribution in [3.63, 3.8) is 0 Å². The molecule has 0 aliphatic heterocycles. The van der Waals surface area contributed by atoms with Gasteiger partial charge in [-0.2, -0.15) is 0 Å². The van der Waals surface area contributed by atoms with Crippen LogP contribution in [0.3, 0.4) is 0 Å². The van der Waals surface area contributed by atoms with Gasteiger partial charge in [-0.3, -0.25) is 9.79 Å². The molecule has 0 spiro atoms.